The number of anilines is 1. The fourth-order valence-electron chi connectivity index (χ4n) is 2.73. The van der Waals surface area contributed by atoms with Crippen molar-refractivity contribution in [1.82, 2.24) is 29.4 Å². The van der Waals surface area contributed by atoms with Crippen LogP contribution in [0.5, 0.6) is 0 Å². The SMILES string of the molecule is Cc1cc(NC(c2nccn2C)C2CC2)c2nncn2n1. The Kier molecular flexibility index (Phi) is 2.66. The predicted molar refractivity (Wildman–Crippen MR) is 77.8 cm³/mol. The molecule has 0 aromatic carbocycles. The zero-order chi connectivity index (χ0) is 14.4. The van der Waals surface area contributed by atoms with Gasteiger partial charge in [-0.1, -0.05) is 0 Å². The number of hydrogen-bond acceptors (Lipinski definition) is 5. The van der Waals surface area contributed by atoms with Gasteiger partial charge in [-0.05, 0) is 31.7 Å². The number of imidazole rings is 1. The summed E-state index contributed by atoms with van der Waals surface area (Å²) in [6.45, 7) is 1.97. The van der Waals surface area contributed by atoms with Gasteiger partial charge in [-0.25, -0.2) is 4.98 Å². The number of nitrogens with one attached hydrogen (secondary N) is 1. The summed E-state index contributed by atoms with van der Waals surface area (Å²) in [6, 6.07) is 2.22. The largest absolute Gasteiger partial charge is 0.372 e. The van der Waals surface area contributed by atoms with E-state index in [-0.39, 0.29) is 6.04 Å². The molecule has 0 bridgehead atoms. The summed E-state index contributed by atoms with van der Waals surface area (Å²) in [5.41, 5.74) is 2.64. The van der Waals surface area contributed by atoms with Gasteiger partial charge in [0.2, 0.25) is 5.65 Å². The molecule has 0 aliphatic heterocycles. The molecule has 3 heterocycles. The number of aryl methyl sites for hydroxylation is 2. The summed E-state index contributed by atoms with van der Waals surface area (Å²) in [7, 11) is 2.03. The smallest absolute Gasteiger partial charge is 0.200 e. The van der Waals surface area contributed by atoms with E-state index in [1.807, 2.05) is 32.4 Å². The van der Waals surface area contributed by atoms with Gasteiger partial charge in [0.15, 0.2) is 0 Å². The number of rotatable bonds is 4. The molecule has 1 N–H and O–H groups in total. The van der Waals surface area contributed by atoms with E-state index in [9.17, 15) is 0 Å². The second-order valence-electron chi connectivity index (χ2n) is 5.65. The Morgan fingerprint density at radius 1 is 1.38 bits per heavy atom. The minimum absolute atomic E-state index is 0.201. The fraction of sp³-hybridized carbons (Fsp3) is 0.429. The first-order valence-electron chi connectivity index (χ1n) is 7.14. The van der Waals surface area contributed by atoms with E-state index in [1.165, 1.54) is 12.8 Å². The van der Waals surface area contributed by atoms with E-state index in [0.717, 1.165) is 22.9 Å². The fourth-order valence-corrected chi connectivity index (χ4v) is 2.73. The van der Waals surface area contributed by atoms with Crippen LogP contribution in [0.2, 0.25) is 0 Å². The minimum atomic E-state index is 0.201. The third-order valence-electron chi connectivity index (χ3n) is 3.93. The Balaban J connectivity index is 1.75. The molecule has 0 radical (unpaired) electrons. The lowest BCUT2D eigenvalue weighted by Crippen LogP contribution is -2.18. The van der Waals surface area contributed by atoms with Crippen LogP contribution in [0.25, 0.3) is 5.65 Å². The van der Waals surface area contributed by atoms with Crippen LogP contribution >= 0.6 is 0 Å². The van der Waals surface area contributed by atoms with Crippen LogP contribution in [-0.2, 0) is 7.05 Å². The van der Waals surface area contributed by atoms with Gasteiger partial charge in [-0.15, -0.1) is 10.2 Å². The molecule has 0 saturated heterocycles. The van der Waals surface area contributed by atoms with Gasteiger partial charge < -0.3 is 9.88 Å². The maximum absolute atomic E-state index is 4.51. The lowest BCUT2D eigenvalue weighted by Gasteiger charge is -2.19. The second-order valence-corrected chi connectivity index (χ2v) is 5.65. The third-order valence-corrected chi connectivity index (χ3v) is 3.93. The molecule has 4 rings (SSSR count). The van der Waals surface area contributed by atoms with Crippen molar-refractivity contribution in [2.75, 3.05) is 5.32 Å². The molecule has 7 heteroatoms. The zero-order valence-electron chi connectivity index (χ0n) is 12.1. The van der Waals surface area contributed by atoms with Crippen molar-refractivity contribution in [2.45, 2.75) is 25.8 Å². The summed E-state index contributed by atoms with van der Waals surface area (Å²) >= 11 is 0. The molecule has 1 atom stereocenters. The maximum atomic E-state index is 4.51. The highest BCUT2D eigenvalue weighted by Gasteiger charge is 2.35. The summed E-state index contributed by atoms with van der Waals surface area (Å²) in [5, 5.41) is 16.1. The topological polar surface area (TPSA) is 72.9 Å². The van der Waals surface area contributed by atoms with Crippen molar-refractivity contribution in [1.29, 1.82) is 0 Å². The minimum Gasteiger partial charge on any atom is -0.372 e. The first kappa shape index (κ1) is 12.3. The Bertz CT molecular complexity index is 784. The van der Waals surface area contributed by atoms with Gasteiger partial charge in [0.05, 0.1) is 17.4 Å². The highest BCUT2D eigenvalue weighted by molar-refractivity contribution is 5.67. The van der Waals surface area contributed by atoms with Crippen LogP contribution in [0, 0.1) is 12.8 Å². The molecule has 3 aromatic rings. The second kappa shape index (κ2) is 4.54. The Morgan fingerprint density at radius 2 is 2.24 bits per heavy atom. The lowest BCUT2D eigenvalue weighted by molar-refractivity contribution is 0.606. The standard InChI is InChI=1S/C14H17N7/c1-9-7-11(13-18-16-8-21(13)19-9)17-12(10-3-4-10)14-15-5-6-20(14)2/h5-8,10,12,17H,3-4H2,1-2H3. The monoisotopic (exact) mass is 283 g/mol. The lowest BCUT2D eigenvalue weighted by atomic mass is 10.1. The third kappa shape index (κ3) is 2.14. The van der Waals surface area contributed by atoms with Crippen LogP contribution in [0.3, 0.4) is 0 Å². The van der Waals surface area contributed by atoms with E-state index in [0.29, 0.717) is 5.92 Å². The Morgan fingerprint density at radius 3 is 2.95 bits per heavy atom. The average Bonchev–Trinajstić information content (AvgIpc) is 3.04. The average molecular weight is 283 g/mol. The van der Waals surface area contributed by atoms with Crippen LogP contribution in [0.15, 0.2) is 24.8 Å². The van der Waals surface area contributed by atoms with Crippen molar-refractivity contribution in [3.8, 4) is 0 Å². The van der Waals surface area contributed by atoms with Gasteiger partial charge >= 0.3 is 0 Å². The van der Waals surface area contributed by atoms with E-state index in [4.69, 9.17) is 0 Å². The van der Waals surface area contributed by atoms with Crippen molar-refractivity contribution in [2.24, 2.45) is 13.0 Å². The molecule has 1 unspecified atom stereocenters. The number of hydrogen-bond donors (Lipinski definition) is 1. The van der Waals surface area contributed by atoms with E-state index in [1.54, 1.807) is 10.8 Å². The predicted octanol–water partition coefficient (Wildman–Crippen LogP) is 1.73. The van der Waals surface area contributed by atoms with Crippen LogP contribution in [0.1, 0.15) is 30.4 Å². The molecule has 3 aromatic heterocycles. The first-order valence-corrected chi connectivity index (χ1v) is 7.14. The summed E-state index contributed by atoms with van der Waals surface area (Å²) in [6.07, 6.45) is 7.92. The molecular weight excluding hydrogens is 266 g/mol. The molecule has 1 aliphatic rings. The normalized spacial score (nSPS) is 16.3. The van der Waals surface area contributed by atoms with Crippen LogP contribution < -0.4 is 5.32 Å². The highest BCUT2D eigenvalue weighted by atomic mass is 15.3. The van der Waals surface area contributed by atoms with Gasteiger partial charge in [-0.2, -0.15) is 9.61 Å². The zero-order valence-corrected chi connectivity index (χ0v) is 12.1. The highest BCUT2D eigenvalue weighted by Crippen LogP contribution is 2.42. The molecule has 1 fully saturated rings. The molecule has 108 valence electrons. The van der Waals surface area contributed by atoms with E-state index >= 15 is 0 Å². The van der Waals surface area contributed by atoms with Gasteiger partial charge in [-0.3, -0.25) is 0 Å². The van der Waals surface area contributed by atoms with Gasteiger partial charge in [0.25, 0.3) is 0 Å². The van der Waals surface area contributed by atoms with Crippen molar-refractivity contribution in [3.63, 3.8) is 0 Å². The van der Waals surface area contributed by atoms with E-state index < -0.39 is 0 Å². The molecular formula is C14H17N7. The molecule has 1 aliphatic carbocycles. The van der Waals surface area contributed by atoms with Crippen LogP contribution in [-0.4, -0.2) is 29.4 Å². The molecule has 0 amide bonds. The van der Waals surface area contributed by atoms with Crippen molar-refractivity contribution in [3.05, 3.63) is 36.3 Å². The Labute approximate surface area is 122 Å². The number of fused-ring (bicyclic) bond motifs is 1. The first-order chi connectivity index (χ1) is 10.2. The van der Waals surface area contributed by atoms with Gasteiger partial charge in [0.1, 0.15) is 12.2 Å². The van der Waals surface area contributed by atoms with Crippen LogP contribution in [0.4, 0.5) is 5.69 Å². The number of aromatic nitrogens is 6. The Hall–Kier alpha value is -2.44. The summed E-state index contributed by atoms with van der Waals surface area (Å²) in [4.78, 5) is 4.51. The summed E-state index contributed by atoms with van der Waals surface area (Å²) in [5.74, 6) is 1.69. The van der Waals surface area contributed by atoms with E-state index in [2.05, 4.69) is 30.2 Å². The van der Waals surface area contributed by atoms with Gasteiger partial charge in [0, 0.05) is 19.4 Å². The maximum Gasteiger partial charge on any atom is 0.200 e. The summed E-state index contributed by atoms with van der Waals surface area (Å²) < 4.78 is 3.78. The quantitative estimate of drug-likeness (QED) is 0.789. The molecule has 0 spiro atoms. The molecule has 21 heavy (non-hydrogen) atoms. The van der Waals surface area contributed by atoms with Crippen molar-refractivity contribution < 1.29 is 0 Å². The molecule has 7 nitrogen and oxygen atoms in total. The number of nitrogens with zero attached hydrogens (tertiary/aromatic N) is 6. The molecule has 1 saturated carbocycles. The van der Waals surface area contributed by atoms with Crippen molar-refractivity contribution >= 4 is 11.3 Å².